The molecule has 0 unspecified atom stereocenters. The number of nitrogens with zero attached hydrogens (tertiary/aromatic N) is 5. The van der Waals surface area contributed by atoms with E-state index in [1.165, 1.54) is 17.7 Å². The van der Waals surface area contributed by atoms with Crippen LogP contribution in [0.5, 0.6) is 0 Å². The molecule has 0 aromatic carbocycles. The normalized spacial score (nSPS) is 13.4. The summed E-state index contributed by atoms with van der Waals surface area (Å²) in [5.41, 5.74) is 2.48. The van der Waals surface area contributed by atoms with Crippen molar-refractivity contribution in [3.63, 3.8) is 0 Å². The molecule has 0 saturated carbocycles. The second-order valence-electron chi connectivity index (χ2n) is 4.50. The van der Waals surface area contributed by atoms with Crippen molar-refractivity contribution in [1.82, 2.24) is 19.9 Å². The topological polar surface area (TPSA) is 54.8 Å². The van der Waals surface area contributed by atoms with Gasteiger partial charge in [0.1, 0.15) is 18.0 Å². The molecule has 0 spiro atoms. The van der Waals surface area contributed by atoms with E-state index in [2.05, 4.69) is 24.8 Å². The van der Waals surface area contributed by atoms with Gasteiger partial charge in [0.25, 0.3) is 0 Å². The summed E-state index contributed by atoms with van der Waals surface area (Å²) in [4.78, 5) is 19.3. The summed E-state index contributed by atoms with van der Waals surface area (Å²) in [6.07, 6.45) is 8.51. The zero-order valence-corrected chi connectivity index (χ0v) is 10.4. The lowest BCUT2D eigenvalue weighted by Crippen LogP contribution is -2.21. The Labute approximate surface area is 106 Å². The molecule has 3 rings (SSSR count). The molecule has 1 aliphatic rings. The second-order valence-corrected chi connectivity index (χ2v) is 4.50. The molecule has 0 aliphatic heterocycles. The van der Waals surface area contributed by atoms with Crippen molar-refractivity contribution in [3.05, 3.63) is 41.9 Å². The van der Waals surface area contributed by atoms with Crippen LogP contribution in [0.1, 0.15) is 23.5 Å². The molecule has 1 aliphatic carbocycles. The average Bonchev–Trinajstić information content (AvgIpc) is 2.87. The van der Waals surface area contributed by atoms with Gasteiger partial charge in [-0.3, -0.25) is 0 Å². The minimum atomic E-state index is 0.671. The first-order valence-electron chi connectivity index (χ1n) is 6.14. The van der Waals surface area contributed by atoms with Gasteiger partial charge in [-0.1, -0.05) is 0 Å². The maximum Gasteiger partial charge on any atom is 0.147 e. The van der Waals surface area contributed by atoms with Crippen LogP contribution in [0.25, 0.3) is 0 Å². The summed E-state index contributed by atoms with van der Waals surface area (Å²) in [5.74, 6) is 1.83. The molecule has 2 heterocycles. The molecule has 0 fully saturated rings. The van der Waals surface area contributed by atoms with Crippen LogP contribution < -0.4 is 4.90 Å². The van der Waals surface area contributed by atoms with Crippen LogP contribution in [0.15, 0.2) is 24.8 Å². The van der Waals surface area contributed by atoms with E-state index in [0.29, 0.717) is 6.54 Å². The van der Waals surface area contributed by atoms with Crippen molar-refractivity contribution in [3.8, 4) is 0 Å². The first-order valence-corrected chi connectivity index (χ1v) is 6.14. The first-order chi connectivity index (χ1) is 8.84. The van der Waals surface area contributed by atoms with Gasteiger partial charge in [-0.25, -0.2) is 19.9 Å². The smallest absolute Gasteiger partial charge is 0.147 e. The Hall–Kier alpha value is -2.04. The quantitative estimate of drug-likeness (QED) is 0.812. The fourth-order valence-corrected chi connectivity index (χ4v) is 2.37. The fourth-order valence-electron chi connectivity index (χ4n) is 2.37. The van der Waals surface area contributed by atoms with Crippen molar-refractivity contribution < 1.29 is 0 Å². The van der Waals surface area contributed by atoms with Crippen LogP contribution in [-0.2, 0) is 19.4 Å². The molecule has 2 aromatic heterocycles. The monoisotopic (exact) mass is 241 g/mol. The molecule has 5 nitrogen and oxygen atoms in total. The van der Waals surface area contributed by atoms with Crippen molar-refractivity contribution in [2.45, 2.75) is 25.8 Å². The third kappa shape index (κ3) is 2.03. The highest BCUT2D eigenvalue weighted by Gasteiger charge is 2.19. The number of fused-ring (bicyclic) bond motifs is 1. The Morgan fingerprint density at radius 1 is 1.11 bits per heavy atom. The molecular formula is C13H15N5. The van der Waals surface area contributed by atoms with Crippen LogP contribution in [-0.4, -0.2) is 27.0 Å². The highest BCUT2D eigenvalue weighted by Crippen LogP contribution is 2.27. The maximum absolute atomic E-state index is 4.41. The Morgan fingerprint density at radius 2 is 1.94 bits per heavy atom. The van der Waals surface area contributed by atoms with Gasteiger partial charge in [-0.15, -0.1) is 0 Å². The minimum absolute atomic E-state index is 0.671. The van der Waals surface area contributed by atoms with Crippen molar-refractivity contribution in [2.24, 2.45) is 0 Å². The molecule has 5 heteroatoms. The molecule has 92 valence electrons. The molecule has 2 aromatic rings. The summed E-state index contributed by atoms with van der Waals surface area (Å²) in [6, 6.07) is 1.83. The second kappa shape index (κ2) is 4.68. The van der Waals surface area contributed by atoms with Gasteiger partial charge in [-0.2, -0.15) is 0 Å². The molecule has 0 atom stereocenters. The van der Waals surface area contributed by atoms with Crippen LogP contribution in [0, 0.1) is 0 Å². The number of aryl methyl sites for hydroxylation is 1. The van der Waals surface area contributed by atoms with E-state index in [9.17, 15) is 0 Å². The Bertz CT molecular complexity index is 540. The van der Waals surface area contributed by atoms with E-state index in [1.54, 1.807) is 18.7 Å². The molecular weight excluding hydrogens is 226 g/mol. The number of hydrogen-bond donors (Lipinski definition) is 0. The molecule has 18 heavy (non-hydrogen) atoms. The van der Waals surface area contributed by atoms with Gasteiger partial charge in [0.2, 0.25) is 0 Å². The zero-order valence-electron chi connectivity index (χ0n) is 10.4. The van der Waals surface area contributed by atoms with E-state index in [1.807, 2.05) is 13.1 Å². The standard InChI is InChI=1S/C13H15N5/c1-18(8-12-14-6-3-7-15-12)13-10-4-2-5-11(10)16-9-17-13/h3,6-7,9H,2,4-5,8H2,1H3. The highest BCUT2D eigenvalue weighted by molar-refractivity contribution is 5.49. The van der Waals surface area contributed by atoms with Gasteiger partial charge >= 0.3 is 0 Å². The molecule has 0 radical (unpaired) electrons. The first kappa shape index (κ1) is 11.1. The van der Waals surface area contributed by atoms with Gasteiger partial charge in [-0.05, 0) is 25.3 Å². The lowest BCUT2D eigenvalue weighted by molar-refractivity contribution is 0.812. The summed E-state index contributed by atoms with van der Waals surface area (Å²) in [5, 5.41) is 0. The Balaban J connectivity index is 1.85. The Morgan fingerprint density at radius 3 is 2.78 bits per heavy atom. The SMILES string of the molecule is CN(Cc1ncccn1)c1ncnc2c1CCC2. The van der Waals surface area contributed by atoms with E-state index in [4.69, 9.17) is 0 Å². The number of aromatic nitrogens is 4. The van der Waals surface area contributed by atoms with Gasteiger partial charge in [0, 0.05) is 30.7 Å². The van der Waals surface area contributed by atoms with E-state index in [0.717, 1.165) is 24.5 Å². The molecule has 0 saturated heterocycles. The number of hydrogen-bond acceptors (Lipinski definition) is 5. The molecule has 0 N–H and O–H groups in total. The van der Waals surface area contributed by atoms with Crippen LogP contribution >= 0.6 is 0 Å². The number of anilines is 1. The highest BCUT2D eigenvalue weighted by atomic mass is 15.2. The summed E-state index contributed by atoms with van der Waals surface area (Å²) in [7, 11) is 2.03. The van der Waals surface area contributed by atoms with Crippen molar-refractivity contribution in [2.75, 3.05) is 11.9 Å². The van der Waals surface area contributed by atoms with E-state index >= 15 is 0 Å². The van der Waals surface area contributed by atoms with Crippen LogP contribution in [0.2, 0.25) is 0 Å². The van der Waals surface area contributed by atoms with Crippen molar-refractivity contribution >= 4 is 5.82 Å². The van der Waals surface area contributed by atoms with Gasteiger partial charge in [0.05, 0.1) is 6.54 Å². The zero-order chi connectivity index (χ0) is 12.4. The largest absolute Gasteiger partial charge is 0.352 e. The van der Waals surface area contributed by atoms with Gasteiger partial charge in [0.15, 0.2) is 0 Å². The Kier molecular flexibility index (Phi) is 2.88. The molecule has 0 bridgehead atoms. The van der Waals surface area contributed by atoms with Crippen molar-refractivity contribution in [1.29, 1.82) is 0 Å². The third-order valence-electron chi connectivity index (χ3n) is 3.21. The summed E-state index contributed by atoms with van der Waals surface area (Å²) < 4.78 is 0. The summed E-state index contributed by atoms with van der Waals surface area (Å²) in [6.45, 7) is 0.671. The average molecular weight is 241 g/mol. The van der Waals surface area contributed by atoms with Crippen LogP contribution in [0.3, 0.4) is 0 Å². The minimum Gasteiger partial charge on any atom is -0.352 e. The summed E-state index contributed by atoms with van der Waals surface area (Å²) >= 11 is 0. The van der Waals surface area contributed by atoms with E-state index < -0.39 is 0 Å². The maximum atomic E-state index is 4.41. The number of rotatable bonds is 3. The lowest BCUT2D eigenvalue weighted by atomic mass is 10.2. The van der Waals surface area contributed by atoms with Gasteiger partial charge < -0.3 is 4.90 Å². The predicted molar refractivity (Wildman–Crippen MR) is 68.2 cm³/mol. The van der Waals surface area contributed by atoms with Crippen LogP contribution in [0.4, 0.5) is 5.82 Å². The molecule has 0 amide bonds. The fraction of sp³-hybridized carbons (Fsp3) is 0.385. The lowest BCUT2D eigenvalue weighted by Gasteiger charge is -2.19. The third-order valence-corrected chi connectivity index (χ3v) is 3.21. The predicted octanol–water partition coefficient (Wildman–Crippen LogP) is 1.39. The van der Waals surface area contributed by atoms with E-state index in [-0.39, 0.29) is 0 Å².